The molecule has 0 spiro atoms. The first kappa shape index (κ1) is 16.3. The van der Waals surface area contributed by atoms with Crippen LogP contribution < -0.4 is 4.90 Å². The number of hydrogen-bond donors (Lipinski definition) is 1. The summed E-state index contributed by atoms with van der Waals surface area (Å²) < 4.78 is 0. The van der Waals surface area contributed by atoms with Crippen LogP contribution in [-0.4, -0.2) is 24.2 Å². The first-order valence-corrected chi connectivity index (χ1v) is 8.42. The molecule has 0 aliphatic carbocycles. The molecular formula is C21H23NO2. The summed E-state index contributed by atoms with van der Waals surface area (Å²) in [7, 11) is 0. The third kappa shape index (κ3) is 3.51. The third-order valence-electron chi connectivity index (χ3n) is 4.58. The van der Waals surface area contributed by atoms with Crippen molar-refractivity contribution in [2.45, 2.75) is 26.7 Å². The molecule has 3 nitrogen and oxygen atoms in total. The van der Waals surface area contributed by atoms with Crippen molar-refractivity contribution in [1.29, 1.82) is 0 Å². The van der Waals surface area contributed by atoms with Gasteiger partial charge in [0.15, 0.2) is 0 Å². The highest BCUT2D eigenvalue weighted by Gasteiger charge is 2.14. The van der Waals surface area contributed by atoms with Crippen molar-refractivity contribution in [3.05, 3.63) is 64.7 Å². The largest absolute Gasteiger partial charge is 0.478 e. The molecule has 1 aliphatic rings. The number of rotatable bonds is 4. The Balaban J connectivity index is 1.92. The molecule has 0 radical (unpaired) electrons. The number of carbonyl (C=O) groups is 1. The molecule has 3 rings (SSSR count). The number of aliphatic carboxylic acids is 1. The summed E-state index contributed by atoms with van der Waals surface area (Å²) in [6, 6.07) is 14.0. The predicted molar refractivity (Wildman–Crippen MR) is 99.3 cm³/mol. The first-order chi connectivity index (χ1) is 11.5. The Morgan fingerprint density at radius 1 is 1.04 bits per heavy atom. The van der Waals surface area contributed by atoms with E-state index in [1.807, 2.05) is 44.2 Å². The van der Waals surface area contributed by atoms with Crippen molar-refractivity contribution in [2.24, 2.45) is 0 Å². The summed E-state index contributed by atoms with van der Waals surface area (Å²) in [5.41, 5.74) is 5.36. The number of aryl methyl sites for hydroxylation is 2. The lowest BCUT2D eigenvalue weighted by molar-refractivity contribution is -0.130. The van der Waals surface area contributed by atoms with Crippen molar-refractivity contribution >= 4 is 23.3 Å². The van der Waals surface area contributed by atoms with Crippen LogP contribution >= 0.6 is 0 Å². The van der Waals surface area contributed by atoms with Crippen molar-refractivity contribution in [2.75, 3.05) is 18.0 Å². The van der Waals surface area contributed by atoms with Gasteiger partial charge in [-0.1, -0.05) is 35.9 Å². The Hall–Kier alpha value is -2.55. The topological polar surface area (TPSA) is 40.5 Å². The van der Waals surface area contributed by atoms with Crippen LogP contribution in [0.5, 0.6) is 0 Å². The molecule has 3 heteroatoms. The average Bonchev–Trinajstić information content (AvgIpc) is 3.08. The van der Waals surface area contributed by atoms with Crippen LogP contribution in [0.25, 0.3) is 11.6 Å². The zero-order valence-electron chi connectivity index (χ0n) is 14.2. The van der Waals surface area contributed by atoms with Gasteiger partial charge in [0.1, 0.15) is 0 Å². The van der Waals surface area contributed by atoms with Gasteiger partial charge in [-0.15, -0.1) is 0 Å². The summed E-state index contributed by atoms with van der Waals surface area (Å²) in [6.07, 6.45) is 4.25. The Morgan fingerprint density at radius 3 is 2.29 bits per heavy atom. The van der Waals surface area contributed by atoms with Crippen LogP contribution in [0.3, 0.4) is 0 Å². The fourth-order valence-corrected chi connectivity index (χ4v) is 3.29. The van der Waals surface area contributed by atoms with E-state index in [-0.39, 0.29) is 0 Å². The second-order valence-electron chi connectivity index (χ2n) is 6.47. The molecule has 0 amide bonds. The number of carboxylic acid groups (broad SMARTS) is 1. The van der Waals surface area contributed by atoms with E-state index in [4.69, 9.17) is 0 Å². The Bertz CT molecular complexity index is 769. The van der Waals surface area contributed by atoms with Gasteiger partial charge in [-0.25, -0.2) is 4.79 Å². The van der Waals surface area contributed by atoms with Crippen LogP contribution in [-0.2, 0) is 4.79 Å². The molecular weight excluding hydrogens is 298 g/mol. The van der Waals surface area contributed by atoms with Gasteiger partial charge in [0, 0.05) is 18.8 Å². The molecule has 0 aromatic heterocycles. The normalized spacial score (nSPS) is 14.9. The zero-order valence-corrected chi connectivity index (χ0v) is 14.2. The number of carboxylic acids is 1. The molecule has 1 fully saturated rings. The summed E-state index contributed by atoms with van der Waals surface area (Å²) in [6.45, 7) is 6.18. The highest BCUT2D eigenvalue weighted by atomic mass is 16.4. The number of benzene rings is 2. The number of hydrogen-bond acceptors (Lipinski definition) is 2. The summed E-state index contributed by atoms with van der Waals surface area (Å²) in [4.78, 5) is 14.1. The minimum Gasteiger partial charge on any atom is -0.478 e. The molecule has 0 atom stereocenters. The molecule has 0 saturated carbocycles. The van der Waals surface area contributed by atoms with Crippen molar-refractivity contribution < 1.29 is 9.90 Å². The van der Waals surface area contributed by atoms with Crippen molar-refractivity contribution in [3.8, 4) is 0 Å². The molecule has 124 valence electrons. The van der Waals surface area contributed by atoms with Gasteiger partial charge in [-0.05, 0) is 61.6 Å². The summed E-state index contributed by atoms with van der Waals surface area (Å²) in [5.74, 6) is -0.898. The maximum absolute atomic E-state index is 11.7. The molecule has 1 heterocycles. The standard InChI is InChI=1S/C21H23NO2/c1-15-5-10-19(16(2)13-15)20(21(23)24)14-17-6-8-18(9-7-17)22-11-3-4-12-22/h5-10,13-14H,3-4,11-12H2,1-2H3,(H,23,24)/b20-14-. The van der Waals surface area contributed by atoms with E-state index in [1.165, 1.54) is 18.5 Å². The second-order valence-corrected chi connectivity index (χ2v) is 6.47. The van der Waals surface area contributed by atoms with Gasteiger partial charge < -0.3 is 10.0 Å². The van der Waals surface area contributed by atoms with Crippen molar-refractivity contribution in [1.82, 2.24) is 0 Å². The quantitative estimate of drug-likeness (QED) is 0.664. The highest BCUT2D eigenvalue weighted by Crippen LogP contribution is 2.25. The molecule has 24 heavy (non-hydrogen) atoms. The monoisotopic (exact) mass is 321 g/mol. The van der Waals surface area contributed by atoms with E-state index >= 15 is 0 Å². The van der Waals surface area contributed by atoms with Gasteiger partial charge in [0.05, 0.1) is 5.57 Å². The highest BCUT2D eigenvalue weighted by molar-refractivity contribution is 6.21. The Kier molecular flexibility index (Phi) is 4.70. The Morgan fingerprint density at radius 2 is 1.71 bits per heavy atom. The number of nitrogens with zero attached hydrogens (tertiary/aromatic N) is 1. The molecule has 2 aromatic carbocycles. The first-order valence-electron chi connectivity index (χ1n) is 8.42. The fraction of sp³-hybridized carbons (Fsp3) is 0.286. The van der Waals surface area contributed by atoms with Crippen LogP contribution in [0.4, 0.5) is 5.69 Å². The van der Waals surface area contributed by atoms with Gasteiger partial charge in [-0.2, -0.15) is 0 Å². The average molecular weight is 321 g/mol. The molecule has 1 saturated heterocycles. The smallest absolute Gasteiger partial charge is 0.336 e. The summed E-state index contributed by atoms with van der Waals surface area (Å²) in [5, 5.41) is 9.63. The lowest BCUT2D eigenvalue weighted by Gasteiger charge is -2.17. The van der Waals surface area contributed by atoms with Crippen LogP contribution in [0.2, 0.25) is 0 Å². The van der Waals surface area contributed by atoms with Crippen LogP contribution in [0.15, 0.2) is 42.5 Å². The second kappa shape index (κ2) is 6.91. The SMILES string of the molecule is Cc1ccc(/C(=C/c2ccc(N3CCCC3)cc2)C(=O)O)c(C)c1. The van der Waals surface area contributed by atoms with E-state index in [1.54, 1.807) is 6.08 Å². The van der Waals surface area contributed by atoms with Crippen molar-refractivity contribution in [3.63, 3.8) is 0 Å². The lowest BCUT2D eigenvalue weighted by atomic mass is 9.97. The minimum absolute atomic E-state index is 0.335. The minimum atomic E-state index is -0.898. The molecule has 2 aromatic rings. The van der Waals surface area contributed by atoms with Gasteiger partial charge >= 0.3 is 5.97 Å². The van der Waals surface area contributed by atoms with Crippen LogP contribution in [0, 0.1) is 13.8 Å². The molecule has 1 N–H and O–H groups in total. The number of anilines is 1. The van der Waals surface area contributed by atoms with Gasteiger partial charge in [-0.3, -0.25) is 0 Å². The fourth-order valence-electron chi connectivity index (χ4n) is 3.29. The zero-order chi connectivity index (χ0) is 17.1. The predicted octanol–water partition coefficient (Wildman–Crippen LogP) is 4.53. The van der Waals surface area contributed by atoms with E-state index < -0.39 is 5.97 Å². The third-order valence-corrected chi connectivity index (χ3v) is 4.58. The Labute approximate surface area is 143 Å². The van der Waals surface area contributed by atoms with E-state index in [2.05, 4.69) is 17.0 Å². The van der Waals surface area contributed by atoms with E-state index in [9.17, 15) is 9.90 Å². The van der Waals surface area contributed by atoms with Gasteiger partial charge in [0.25, 0.3) is 0 Å². The lowest BCUT2D eigenvalue weighted by Crippen LogP contribution is -2.17. The maximum atomic E-state index is 11.7. The van der Waals surface area contributed by atoms with E-state index in [0.29, 0.717) is 5.57 Å². The maximum Gasteiger partial charge on any atom is 0.336 e. The molecule has 0 unspecified atom stereocenters. The van der Waals surface area contributed by atoms with Crippen LogP contribution in [0.1, 0.15) is 35.1 Å². The van der Waals surface area contributed by atoms with E-state index in [0.717, 1.165) is 35.3 Å². The van der Waals surface area contributed by atoms with Gasteiger partial charge in [0.2, 0.25) is 0 Å². The molecule has 0 bridgehead atoms. The molecule has 1 aliphatic heterocycles. The summed E-state index contributed by atoms with van der Waals surface area (Å²) >= 11 is 0.